The lowest BCUT2D eigenvalue weighted by Crippen LogP contribution is -2.46. The molecule has 0 bridgehead atoms. The standard InChI is InChI=1S/C24H33N3O2/c1-25-18-19-3-8-23-20(17-19)10-16-29-24(23)9-11-26-12-14-27(15-13-26)21-4-6-22(28-2)7-5-21/h3-8,17,24-25H,9-16,18H2,1-2H3. The van der Waals surface area contributed by atoms with Gasteiger partial charge in [-0.05, 0) is 60.8 Å². The largest absolute Gasteiger partial charge is 0.497 e. The summed E-state index contributed by atoms with van der Waals surface area (Å²) in [4.78, 5) is 5.04. The van der Waals surface area contributed by atoms with Gasteiger partial charge in [0.1, 0.15) is 5.75 Å². The second-order valence-electron chi connectivity index (χ2n) is 7.99. The van der Waals surface area contributed by atoms with E-state index in [9.17, 15) is 0 Å². The Morgan fingerprint density at radius 3 is 2.59 bits per heavy atom. The van der Waals surface area contributed by atoms with Gasteiger partial charge in [0.15, 0.2) is 0 Å². The average molecular weight is 396 g/mol. The van der Waals surface area contributed by atoms with E-state index in [-0.39, 0.29) is 6.10 Å². The highest BCUT2D eigenvalue weighted by Gasteiger charge is 2.23. The lowest BCUT2D eigenvalue weighted by Gasteiger charge is -2.37. The van der Waals surface area contributed by atoms with Gasteiger partial charge in [0.2, 0.25) is 0 Å². The highest BCUT2D eigenvalue weighted by Crippen LogP contribution is 2.31. The van der Waals surface area contributed by atoms with Crippen molar-refractivity contribution in [2.24, 2.45) is 0 Å². The highest BCUT2D eigenvalue weighted by atomic mass is 16.5. The minimum atomic E-state index is 0.238. The van der Waals surface area contributed by atoms with Gasteiger partial charge < -0.3 is 19.7 Å². The van der Waals surface area contributed by atoms with E-state index in [2.05, 4.69) is 45.4 Å². The molecule has 2 aromatic rings. The van der Waals surface area contributed by atoms with Crippen molar-refractivity contribution in [3.8, 4) is 5.75 Å². The molecule has 0 aliphatic carbocycles. The van der Waals surface area contributed by atoms with E-state index in [0.717, 1.165) is 64.5 Å². The van der Waals surface area contributed by atoms with Crippen LogP contribution in [0.4, 0.5) is 5.69 Å². The fraction of sp³-hybridized carbons (Fsp3) is 0.500. The van der Waals surface area contributed by atoms with E-state index < -0.39 is 0 Å². The Morgan fingerprint density at radius 1 is 1.07 bits per heavy atom. The fourth-order valence-corrected chi connectivity index (χ4v) is 4.47. The zero-order valence-corrected chi connectivity index (χ0v) is 17.7. The van der Waals surface area contributed by atoms with E-state index in [1.807, 2.05) is 19.2 Å². The molecule has 156 valence electrons. The second-order valence-corrected chi connectivity index (χ2v) is 7.99. The number of nitrogens with zero attached hydrogens (tertiary/aromatic N) is 2. The predicted octanol–water partition coefficient (Wildman–Crippen LogP) is 3.24. The average Bonchev–Trinajstić information content (AvgIpc) is 2.78. The third-order valence-electron chi connectivity index (χ3n) is 6.14. The quantitative estimate of drug-likeness (QED) is 0.779. The monoisotopic (exact) mass is 395 g/mol. The number of rotatable bonds is 7. The number of benzene rings is 2. The topological polar surface area (TPSA) is 37.0 Å². The smallest absolute Gasteiger partial charge is 0.119 e. The molecule has 1 fully saturated rings. The summed E-state index contributed by atoms with van der Waals surface area (Å²) in [5, 5.41) is 3.24. The fourth-order valence-electron chi connectivity index (χ4n) is 4.47. The molecule has 29 heavy (non-hydrogen) atoms. The summed E-state index contributed by atoms with van der Waals surface area (Å²) in [5.74, 6) is 0.915. The Bertz CT molecular complexity index is 785. The molecule has 1 unspecified atom stereocenters. The van der Waals surface area contributed by atoms with Gasteiger partial charge in [-0.25, -0.2) is 0 Å². The number of fused-ring (bicyclic) bond motifs is 1. The molecule has 0 amide bonds. The molecule has 2 aliphatic heterocycles. The normalized spacial score (nSPS) is 19.8. The van der Waals surface area contributed by atoms with Crippen LogP contribution in [-0.2, 0) is 17.7 Å². The van der Waals surface area contributed by atoms with Crippen molar-refractivity contribution < 1.29 is 9.47 Å². The number of hydrogen-bond acceptors (Lipinski definition) is 5. The maximum absolute atomic E-state index is 6.14. The van der Waals surface area contributed by atoms with E-state index in [4.69, 9.17) is 9.47 Å². The Morgan fingerprint density at radius 2 is 1.86 bits per heavy atom. The minimum Gasteiger partial charge on any atom is -0.497 e. The molecule has 0 saturated carbocycles. The first kappa shape index (κ1) is 20.2. The zero-order chi connectivity index (χ0) is 20.1. The van der Waals surface area contributed by atoms with E-state index in [1.54, 1.807) is 7.11 Å². The summed E-state index contributed by atoms with van der Waals surface area (Å²) in [6, 6.07) is 15.3. The molecule has 1 N–H and O–H groups in total. The van der Waals surface area contributed by atoms with Crippen LogP contribution in [-0.4, -0.2) is 58.4 Å². The molecule has 1 saturated heterocycles. The van der Waals surface area contributed by atoms with Crippen molar-refractivity contribution in [3.63, 3.8) is 0 Å². The van der Waals surface area contributed by atoms with Gasteiger partial charge in [0.25, 0.3) is 0 Å². The molecule has 5 nitrogen and oxygen atoms in total. The molecule has 0 radical (unpaired) electrons. The van der Waals surface area contributed by atoms with Crippen molar-refractivity contribution in [1.29, 1.82) is 0 Å². The second kappa shape index (κ2) is 9.61. The van der Waals surface area contributed by atoms with Crippen LogP contribution in [0.25, 0.3) is 0 Å². The maximum Gasteiger partial charge on any atom is 0.119 e. The number of hydrogen-bond donors (Lipinski definition) is 1. The van der Waals surface area contributed by atoms with Crippen LogP contribution in [0.1, 0.15) is 29.2 Å². The van der Waals surface area contributed by atoms with Gasteiger partial charge in [-0.15, -0.1) is 0 Å². The van der Waals surface area contributed by atoms with Crippen molar-refractivity contribution >= 4 is 5.69 Å². The highest BCUT2D eigenvalue weighted by molar-refractivity contribution is 5.49. The van der Waals surface area contributed by atoms with E-state index in [0.29, 0.717) is 0 Å². The summed E-state index contributed by atoms with van der Waals surface area (Å²) < 4.78 is 11.4. The van der Waals surface area contributed by atoms with Gasteiger partial charge in [0.05, 0.1) is 19.8 Å². The first-order chi connectivity index (χ1) is 14.3. The third kappa shape index (κ3) is 4.92. The van der Waals surface area contributed by atoms with Gasteiger partial charge in [0, 0.05) is 45.0 Å². The Labute approximate surface area is 174 Å². The number of piperazine rings is 1. The van der Waals surface area contributed by atoms with Crippen LogP contribution in [0.3, 0.4) is 0 Å². The van der Waals surface area contributed by atoms with Crippen molar-refractivity contribution in [2.75, 3.05) is 58.4 Å². The van der Waals surface area contributed by atoms with Crippen LogP contribution in [0.2, 0.25) is 0 Å². The van der Waals surface area contributed by atoms with Gasteiger partial charge in [-0.3, -0.25) is 4.90 Å². The van der Waals surface area contributed by atoms with Crippen LogP contribution < -0.4 is 15.0 Å². The third-order valence-corrected chi connectivity index (χ3v) is 6.14. The zero-order valence-electron chi connectivity index (χ0n) is 17.7. The van der Waals surface area contributed by atoms with Crippen LogP contribution in [0, 0.1) is 0 Å². The summed E-state index contributed by atoms with van der Waals surface area (Å²) in [5.41, 5.74) is 5.51. The predicted molar refractivity (Wildman–Crippen MR) is 118 cm³/mol. The molecule has 1 atom stereocenters. The van der Waals surface area contributed by atoms with Crippen LogP contribution in [0.5, 0.6) is 5.75 Å². The van der Waals surface area contributed by atoms with Gasteiger partial charge >= 0.3 is 0 Å². The first-order valence-electron chi connectivity index (χ1n) is 10.8. The number of ether oxygens (including phenoxy) is 2. The summed E-state index contributed by atoms with van der Waals surface area (Å²) >= 11 is 0. The lowest BCUT2D eigenvalue weighted by atomic mass is 9.93. The molecule has 0 spiro atoms. The summed E-state index contributed by atoms with van der Waals surface area (Å²) in [6.07, 6.45) is 2.34. The number of anilines is 1. The summed E-state index contributed by atoms with van der Waals surface area (Å²) in [6.45, 7) is 7.21. The van der Waals surface area contributed by atoms with Gasteiger partial charge in [-0.2, -0.15) is 0 Å². The van der Waals surface area contributed by atoms with Crippen molar-refractivity contribution in [1.82, 2.24) is 10.2 Å². The summed E-state index contributed by atoms with van der Waals surface area (Å²) in [7, 11) is 3.71. The molecule has 2 aliphatic rings. The Hall–Kier alpha value is -2.08. The molecular formula is C24H33N3O2. The van der Waals surface area contributed by atoms with E-state index >= 15 is 0 Å². The SMILES string of the molecule is CNCc1ccc2c(c1)CCOC2CCN1CCN(c2ccc(OC)cc2)CC1. The molecule has 2 heterocycles. The van der Waals surface area contributed by atoms with Gasteiger partial charge in [-0.1, -0.05) is 18.2 Å². The number of methoxy groups -OCH3 is 1. The Balaban J connectivity index is 1.29. The molecular weight excluding hydrogens is 362 g/mol. The number of nitrogens with one attached hydrogen (secondary N) is 1. The molecule has 4 rings (SSSR count). The molecule has 0 aromatic heterocycles. The Kier molecular flexibility index (Phi) is 6.70. The van der Waals surface area contributed by atoms with Crippen molar-refractivity contribution in [2.45, 2.75) is 25.5 Å². The maximum atomic E-state index is 6.14. The molecule has 5 heteroatoms. The van der Waals surface area contributed by atoms with E-state index in [1.165, 1.54) is 22.4 Å². The molecule has 2 aromatic carbocycles. The van der Waals surface area contributed by atoms with Crippen LogP contribution >= 0.6 is 0 Å². The van der Waals surface area contributed by atoms with Crippen LogP contribution in [0.15, 0.2) is 42.5 Å². The first-order valence-corrected chi connectivity index (χ1v) is 10.8. The van der Waals surface area contributed by atoms with Crippen molar-refractivity contribution in [3.05, 3.63) is 59.2 Å². The lowest BCUT2D eigenvalue weighted by molar-refractivity contribution is 0.0289. The minimum absolute atomic E-state index is 0.238.